The zero-order valence-corrected chi connectivity index (χ0v) is 10.3. The second kappa shape index (κ2) is 5.30. The number of hydrogen-bond donors (Lipinski definition) is 0. The van der Waals surface area contributed by atoms with Gasteiger partial charge in [-0.3, -0.25) is 4.79 Å². The van der Waals surface area contributed by atoms with E-state index in [2.05, 4.69) is 0 Å². The van der Waals surface area contributed by atoms with Crippen LogP contribution in [0.3, 0.4) is 0 Å². The normalized spacial score (nSPS) is 37.8. The molecule has 6 nitrogen and oxygen atoms in total. The SMILES string of the molecule is CCOC(=O)CC(C1OC(C)O1)C1OC(C)O1. The highest BCUT2D eigenvalue weighted by Crippen LogP contribution is 2.34. The van der Waals surface area contributed by atoms with Crippen molar-refractivity contribution in [3.63, 3.8) is 0 Å². The molecule has 17 heavy (non-hydrogen) atoms. The zero-order chi connectivity index (χ0) is 12.4. The molecular formula is C11H18O6. The average Bonchev–Trinajstić information content (AvgIpc) is 2.18. The van der Waals surface area contributed by atoms with Gasteiger partial charge in [0, 0.05) is 0 Å². The predicted molar refractivity (Wildman–Crippen MR) is 55.6 cm³/mol. The van der Waals surface area contributed by atoms with Crippen LogP contribution in [0.15, 0.2) is 0 Å². The predicted octanol–water partition coefficient (Wildman–Crippen LogP) is 0.994. The van der Waals surface area contributed by atoms with Crippen molar-refractivity contribution in [2.75, 3.05) is 6.61 Å². The molecule has 0 saturated carbocycles. The molecule has 0 aromatic rings. The second-order valence-corrected chi connectivity index (χ2v) is 4.09. The van der Waals surface area contributed by atoms with Crippen LogP contribution < -0.4 is 0 Å². The van der Waals surface area contributed by atoms with Crippen LogP contribution >= 0.6 is 0 Å². The lowest BCUT2D eigenvalue weighted by atomic mass is 10.0. The van der Waals surface area contributed by atoms with E-state index in [0.29, 0.717) is 6.61 Å². The number of rotatable bonds is 5. The Kier molecular flexibility index (Phi) is 3.98. The highest BCUT2D eigenvalue weighted by atomic mass is 16.9. The van der Waals surface area contributed by atoms with Gasteiger partial charge >= 0.3 is 5.97 Å². The second-order valence-electron chi connectivity index (χ2n) is 4.09. The Morgan fingerprint density at radius 3 is 1.94 bits per heavy atom. The Hall–Kier alpha value is -0.690. The minimum Gasteiger partial charge on any atom is -0.466 e. The summed E-state index contributed by atoms with van der Waals surface area (Å²) in [4.78, 5) is 11.5. The Labute approximate surface area is 100 Å². The topological polar surface area (TPSA) is 63.2 Å². The molecule has 0 aliphatic carbocycles. The molecule has 6 heteroatoms. The molecule has 2 rings (SSSR count). The number of carbonyl (C=O) groups excluding carboxylic acids is 1. The van der Waals surface area contributed by atoms with Gasteiger partial charge in [-0.25, -0.2) is 0 Å². The van der Waals surface area contributed by atoms with Gasteiger partial charge in [0.15, 0.2) is 25.2 Å². The third-order valence-corrected chi connectivity index (χ3v) is 2.71. The van der Waals surface area contributed by atoms with Crippen LogP contribution in [-0.2, 0) is 28.5 Å². The zero-order valence-electron chi connectivity index (χ0n) is 10.3. The molecule has 0 amide bonds. The minimum atomic E-state index is -0.452. The molecule has 0 spiro atoms. The molecule has 98 valence electrons. The standard InChI is InChI=1S/C11H18O6/c1-4-13-9(12)5-8(10-14-6(2)15-10)11-16-7(3)17-11/h6-8,10-11H,4-5H2,1-3H3. The average molecular weight is 246 g/mol. The molecule has 0 radical (unpaired) electrons. The lowest BCUT2D eigenvalue weighted by Gasteiger charge is -2.45. The highest BCUT2D eigenvalue weighted by Gasteiger charge is 2.46. The third kappa shape index (κ3) is 2.95. The first-order valence-electron chi connectivity index (χ1n) is 5.87. The molecular weight excluding hydrogens is 228 g/mol. The first-order valence-corrected chi connectivity index (χ1v) is 5.87. The van der Waals surface area contributed by atoms with Gasteiger partial charge in [0.25, 0.3) is 0 Å². The van der Waals surface area contributed by atoms with Crippen LogP contribution in [0.4, 0.5) is 0 Å². The molecule has 2 heterocycles. The van der Waals surface area contributed by atoms with E-state index in [0.717, 1.165) is 0 Å². The van der Waals surface area contributed by atoms with Crippen LogP contribution in [-0.4, -0.2) is 37.7 Å². The van der Waals surface area contributed by atoms with E-state index in [4.69, 9.17) is 23.7 Å². The van der Waals surface area contributed by atoms with Gasteiger partial charge in [0.05, 0.1) is 18.9 Å². The molecule has 0 atom stereocenters. The summed E-state index contributed by atoms with van der Waals surface area (Å²) in [6, 6.07) is 0. The van der Waals surface area contributed by atoms with Crippen LogP contribution in [0.5, 0.6) is 0 Å². The summed E-state index contributed by atoms with van der Waals surface area (Å²) in [6.45, 7) is 5.72. The van der Waals surface area contributed by atoms with Crippen LogP contribution in [0.1, 0.15) is 27.2 Å². The first-order chi connectivity index (χ1) is 8.10. The summed E-state index contributed by atoms with van der Waals surface area (Å²) >= 11 is 0. The summed E-state index contributed by atoms with van der Waals surface area (Å²) in [7, 11) is 0. The summed E-state index contributed by atoms with van der Waals surface area (Å²) < 4.78 is 26.4. The fourth-order valence-corrected chi connectivity index (χ4v) is 1.91. The molecule has 2 aliphatic rings. The number of ether oxygens (including phenoxy) is 5. The van der Waals surface area contributed by atoms with E-state index in [1.807, 2.05) is 0 Å². The number of hydrogen-bond acceptors (Lipinski definition) is 6. The monoisotopic (exact) mass is 246 g/mol. The Bertz CT molecular complexity index is 251. The number of esters is 1. The first kappa shape index (κ1) is 12.8. The molecule has 2 fully saturated rings. The van der Waals surface area contributed by atoms with Gasteiger partial charge in [0.1, 0.15) is 0 Å². The van der Waals surface area contributed by atoms with Crippen LogP contribution in [0.2, 0.25) is 0 Å². The molecule has 0 unspecified atom stereocenters. The third-order valence-electron chi connectivity index (χ3n) is 2.71. The quantitative estimate of drug-likeness (QED) is 0.674. The van der Waals surface area contributed by atoms with Crippen molar-refractivity contribution < 1.29 is 28.5 Å². The van der Waals surface area contributed by atoms with E-state index in [1.54, 1.807) is 20.8 Å². The van der Waals surface area contributed by atoms with Gasteiger partial charge in [0.2, 0.25) is 0 Å². The van der Waals surface area contributed by atoms with Crippen LogP contribution in [0, 0.1) is 5.92 Å². The molecule has 0 aromatic carbocycles. The maximum atomic E-state index is 11.5. The van der Waals surface area contributed by atoms with Gasteiger partial charge in [-0.15, -0.1) is 0 Å². The molecule has 0 aromatic heterocycles. The van der Waals surface area contributed by atoms with Crippen molar-refractivity contribution in [1.82, 2.24) is 0 Å². The highest BCUT2D eigenvalue weighted by molar-refractivity contribution is 5.69. The number of carbonyl (C=O) groups is 1. The summed E-state index contributed by atoms with van der Waals surface area (Å²) in [5, 5.41) is 0. The van der Waals surface area contributed by atoms with E-state index in [-0.39, 0.29) is 30.9 Å². The Balaban J connectivity index is 1.86. The molecule has 0 bridgehead atoms. The molecule has 2 saturated heterocycles. The van der Waals surface area contributed by atoms with Gasteiger partial charge in [-0.1, -0.05) is 0 Å². The van der Waals surface area contributed by atoms with Crippen molar-refractivity contribution in [2.24, 2.45) is 5.92 Å². The van der Waals surface area contributed by atoms with E-state index in [9.17, 15) is 4.79 Å². The van der Waals surface area contributed by atoms with Crippen molar-refractivity contribution >= 4 is 5.97 Å². The van der Waals surface area contributed by atoms with Gasteiger partial charge in [-0.2, -0.15) is 0 Å². The maximum Gasteiger partial charge on any atom is 0.306 e. The largest absolute Gasteiger partial charge is 0.466 e. The van der Waals surface area contributed by atoms with Gasteiger partial charge in [-0.05, 0) is 20.8 Å². The van der Waals surface area contributed by atoms with E-state index < -0.39 is 12.6 Å². The van der Waals surface area contributed by atoms with Crippen molar-refractivity contribution in [3.05, 3.63) is 0 Å². The fraction of sp³-hybridized carbons (Fsp3) is 0.909. The maximum absolute atomic E-state index is 11.5. The lowest BCUT2D eigenvalue weighted by Crippen LogP contribution is -2.54. The minimum absolute atomic E-state index is 0.169. The molecule has 0 N–H and O–H groups in total. The summed E-state index contributed by atoms with van der Waals surface area (Å²) in [6.07, 6.45) is -1.20. The Morgan fingerprint density at radius 1 is 1.12 bits per heavy atom. The molecule has 2 aliphatic heterocycles. The van der Waals surface area contributed by atoms with Gasteiger partial charge < -0.3 is 23.7 Å². The summed E-state index contributed by atoms with van der Waals surface area (Å²) in [5.41, 5.74) is 0. The summed E-state index contributed by atoms with van der Waals surface area (Å²) in [5.74, 6) is -0.572. The van der Waals surface area contributed by atoms with Crippen molar-refractivity contribution in [2.45, 2.75) is 52.4 Å². The van der Waals surface area contributed by atoms with Crippen molar-refractivity contribution in [1.29, 1.82) is 0 Å². The van der Waals surface area contributed by atoms with E-state index >= 15 is 0 Å². The Morgan fingerprint density at radius 2 is 1.59 bits per heavy atom. The smallest absolute Gasteiger partial charge is 0.306 e. The fourth-order valence-electron chi connectivity index (χ4n) is 1.91. The van der Waals surface area contributed by atoms with E-state index in [1.165, 1.54) is 0 Å². The van der Waals surface area contributed by atoms with Crippen molar-refractivity contribution in [3.8, 4) is 0 Å². The van der Waals surface area contributed by atoms with Crippen LogP contribution in [0.25, 0.3) is 0 Å². The lowest BCUT2D eigenvalue weighted by molar-refractivity contribution is -0.453.